The first-order valence-corrected chi connectivity index (χ1v) is 16.6. The van der Waals surface area contributed by atoms with Crippen molar-refractivity contribution >= 4 is 35.3 Å². The molecule has 4 atom stereocenters. The smallest absolute Gasteiger partial charge is 0.316 e. The van der Waals surface area contributed by atoms with Gasteiger partial charge in [0.2, 0.25) is 17.6 Å². The summed E-state index contributed by atoms with van der Waals surface area (Å²) in [5.41, 5.74) is 4.91. The number of Topliss-reactive ketones (excluding diaryl/α,β-unsaturated/α-hetero) is 2. The number of benzene rings is 1. The molecule has 11 nitrogen and oxygen atoms in total. The van der Waals surface area contributed by atoms with Gasteiger partial charge in [-0.2, -0.15) is 0 Å². The topological polar surface area (TPSA) is 168 Å². The predicted octanol–water partition coefficient (Wildman–Crippen LogP) is 4.63. The maximum Gasteiger partial charge on any atom is 0.316 e. The lowest BCUT2D eigenvalue weighted by Crippen LogP contribution is -2.61. The van der Waals surface area contributed by atoms with Crippen molar-refractivity contribution < 1.29 is 28.8 Å². The van der Waals surface area contributed by atoms with Crippen LogP contribution in [0.15, 0.2) is 30.3 Å². The van der Waals surface area contributed by atoms with Crippen molar-refractivity contribution in [2.75, 3.05) is 6.54 Å². The summed E-state index contributed by atoms with van der Waals surface area (Å²) < 4.78 is 0. The summed E-state index contributed by atoms with van der Waals surface area (Å²) in [6, 6.07) is 4.17. The van der Waals surface area contributed by atoms with Crippen LogP contribution in [0.3, 0.4) is 0 Å². The van der Waals surface area contributed by atoms with Gasteiger partial charge in [-0.3, -0.25) is 24.0 Å². The third-order valence-electron chi connectivity index (χ3n) is 7.10. The van der Waals surface area contributed by atoms with E-state index < -0.39 is 59.1 Å². The number of primary amides is 1. The first-order chi connectivity index (χ1) is 21.5. The zero-order valence-electron chi connectivity index (χ0n) is 29.9. The van der Waals surface area contributed by atoms with E-state index in [0.29, 0.717) is 18.4 Å². The zero-order chi connectivity index (χ0) is 35.8. The van der Waals surface area contributed by atoms with Crippen molar-refractivity contribution in [1.29, 1.82) is 0 Å². The quantitative estimate of drug-likeness (QED) is 0.191. The number of hydrogen-bond acceptors (Lipinski definition) is 6. The summed E-state index contributed by atoms with van der Waals surface area (Å²) >= 11 is 0. The molecule has 46 heavy (non-hydrogen) atoms. The Hall–Kier alpha value is -3.76. The molecular weight excluding hydrogens is 586 g/mol. The summed E-state index contributed by atoms with van der Waals surface area (Å²) in [6.45, 7) is 21.2. The van der Waals surface area contributed by atoms with E-state index >= 15 is 0 Å². The molecule has 1 aromatic carbocycles. The van der Waals surface area contributed by atoms with Crippen LogP contribution in [0.25, 0.3) is 0 Å². The molecule has 1 aliphatic heterocycles. The molecule has 260 valence electrons. The Morgan fingerprint density at radius 1 is 0.913 bits per heavy atom. The van der Waals surface area contributed by atoms with Gasteiger partial charge in [-0.15, -0.1) is 0 Å². The Balaban J connectivity index is 0.00000381. The molecule has 5 N–H and O–H groups in total. The number of carbonyl (C=O) groups is 6. The first kappa shape index (κ1) is 42.2. The highest BCUT2D eigenvalue weighted by atomic mass is 16.2. The van der Waals surface area contributed by atoms with Crippen LogP contribution >= 0.6 is 0 Å². The van der Waals surface area contributed by atoms with Crippen molar-refractivity contribution in [3.05, 3.63) is 35.9 Å². The Bertz CT molecular complexity index is 1150. The highest BCUT2D eigenvalue weighted by Gasteiger charge is 2.43. The normalized spacial score (nSPS) is 16.1. The van der Waals surface area contributed by atoms with E-state index in [-0.39, 0.29) is 30.6 Å². The van der Waals surface area contributed by atoms with Crippen LogP contribution < -0.4 is 21.7 Å². The lowest BCUT2D eigenvalue weighted by molar-refractivity contribution is -0.143. The average molecular weight is 646 g/mol. The number of ketones is 2. The Kier molecular flexibility index (Phi) is 18.7. The molecule has 1 fully saturated rings. The van der Waals surface area contributed by atoms with E-state index in [2.05, 4.69) is 29.8 Å². The van der Waals surface area contributed by atoms with Gasteiger partial charge in [0, 0.05) is 12.1 Å². The van der Waals surface area contributed by atoms with Gasteiger partial charge in [0.05, 0.1) is 12.1 Å². The summed E-state index contributed by atoms with van der Waals surface area (Å²) in [5, 5.41) is 8.10. The van der Waals surface area contributed by atoms with Crippen LogP contribution in [0.5, 0.6) is 0 Å². The van der Waals surface area contributed by atoms with Crippen LogP contribution in [-0.4, -0.2) is 70.9 Å². The maximum absolute atomic E-state index is 13.8. The van der Waals surface area contributed by atoms with E-state index in [9.17, 15) is 28.8 Å². The monoisotopic (exact) mass is 645 g/mol. The summed E-state index contributed by atoms with van der Waals surface area (Å²) in [7, 11) is 0. The lowest BCUT2D eigenvalue weighted by Gasteiger charge is -2.36. The summed E-state index contributed by atoms with van der Waals surface area (Å²) in [4.78, 5) is 78.6. The molecule has 1 aromatic rings. The second-order valence-electron chi connectivity index (χ2n) is 13.2. The third-order valence-corrected chi connectivity index (χ3v) is 7.10. The highest BCUT2D eigenvalue weighted by molar-refractivity contribution is 6.37. The number of urea groups is 1. The molecule has 1 aliphatic rings. The number of hydrogen-bond donors (Lipinski definition) is 4. The fraction of sp³-hybridized carbons (Fsp3) is 0.657. The fourth-order valence-electron chi connectivity index (χ4n) is 4.89. The van der Waals surface area contributed by atoms with Gasteiger partial charge < -0.3 is 26.6 Å². The minimum atomic E-state index is -1.14. The molecule has 5 amide bonds. The molecule has 0 bridgehead atoms. The van der Waals surface area contributed by atoms with Gasteiger partial charge >= 0.3 is 6.03 Å². The van der Waals surface area contributed by atoms with Crippen LogP contribution in [0.1, 0.15) is 112 Å². The number of likely N-dealkylation sites (tertiary alicyclic amines) is 1. The number of amides is 5. The molecule has 0 radical (unpaired) electrons. The van der Waals surface area contributed by atoms with Crippen LogP contribution in [-0.2, 0) is 19.2 Å². The number of nitrogens with zero attached hydrogens (tertiary/aromatic N) is 1. The second kappa shape index (κ2) is 20.4. The molecule has 0 spiro atoms. The van der Waals surface area contributed by atoms with Crippen molar-refractivity contribution in [2.24, 2.45) is 23.0 Å². The molecule has 0 aliphatic carbocycles. The molecule has 11 heteroatoms. The Morgan fingerprint density at radius 3 is 1.91 bits per heavy atom. The minimum Gasteiger partial charge on any atom is -0.363 e. The molecule has 0 saturated carbocycles. The van der Waals surface area contributed by atoms with Gasteiger partial charge in [-0.25, -0.2) is 4.79 Å². The average Bonchev–Trinajstić information content (AvgIpc) is 3.48. The Labute approximate surface area is 276 Å². The molecular formula is C35H59N5O6. The first-order valence-electron chi connectivity index (χ1n) is 16.6. The largest absolute Gasteiger partial charge is 0.363 e. The van der Waals surface area contributed by atoms with Crippen molar-refractivity contribution in [2.45, 2.75) is 126 Å². The minimum absolute atomic E-state index is 0.00124. The van der Waals surface area contributed by atoms with E-state index in [1.54, 1.807) is 51.1 Å². The van der Waals surface area contributed by atoms with Gasteiger partial charge in [0.15, 0.2) is 5.78 Å². The molecule has 1 saturated heterocycles. The second-order valence-corrected chi connectivity index (χ2v) is 13.2. The zero-order valence-corrected chi connectivity index (χ0v) is 29.9. The Morgan fingerprint density at radius 2 is 1.46 bits per heavy atom. The van der Waals surface area contributed by atoms with Gasteiger partial charge in [0.25, 0.3) is 5.91 Å². The molecule has 4 unspecified atom stereocenters. The SMILES string of the molecule is CC.CC(C)CC(NC(=O)C1CCCN1C(=O)C(NC(=O)NC(C(=O)c1ccccc1)C(C)C)C(C)(C)C)C(=O)C(N)=O.CCC. The highest BCUT2D eigenvalue weighted by Crippen LogP contribution is 2.26. The number of carbonyl (C=O) groups excluding carboxylic acids is 6. The molecule has 0 aromatic heterocycles. The summed E-state index contributed by atoms with van der Waals surface area (Å²) in [6.07, 6.45) is 2.38. The van der Waals surface area contributed by atoms with Crippen molar-refractivity contribution in [3.8, 4) is 0 Å². The van der Waals surface area contributed by atoms with Gasteiger partial charge in [0.1, 0.15) is 12.1 Å². The number of rotatable bonds is 12. The van der Waals surface area contributed by atoms with Crippen LogP contribution in [0.2, 0.25) is 0 Å². The van der Waals surface area contributed by atoms with E-state index in [0.717, 1.165) is 0 Å². The van der Waals surface area contributed by atoms with E-state index in [1.165, 1.54) is 11.3 Å². The molecule has 2 rings (SSSR count). The standard InChI is InChI=1S/C30H45N5O6.C3H8.C2H6/c1-17(2)16-20(24(37)26(31)38)32-27(39)21-14-11-15-35(21)28(40)25(30(5,6)7)34-29(41)33-22(18(3)4)23(36)19-12-9-8-10-13-19;1-3-2;1-2/h8-10,12-13,17-18,20-22,25H,11,14-16H2,1-7H3,(H2,31,38)(H,32,39)(H2,33,34,41);3H2,1-2H3;1-2H3. The van der Waals surface area contributed by atoms with Crippen molar-refractivity contribution in [3.63, 3.8) is 0 Å². The maximum atomic E-state index is 13.8. The lowest BCUT2D eigenvalue weighted by atomic mass is 9.85. The van der Waals surface area contributed by atoms with Crippen LogP contribution in [0, 0.1) is 17.3 Å². The van der Waals surface area contributed by atoms with E-state index in [1.807, 2.05) is 41.5 Å². The van der Waals surface area contributed by atoms with Crippen LogP contribution in [0.4, 0.5) is 4.79 Å². The van der Waals surface area contributed by atoms with Crippen molar-refractivity contribution in [1.82, 2.24) is 20.9 Å². The summed E-state index contributed by atoms with van der Waals surface area (Å²) in [5.74, 6) is -3.49. The predicted molar refractivity (Wildman–Crippen MR) is 182 cm³/mol. The van der Waals surface area contributed by atoms with E-state index in [4.69, 9.17) is 5.73 Å². The fourth-order valence-corrected chi connectivity index (χ4v) is 4.89. The number of nitrogens with one attached hydrogen (secondary N) is 3. The number of nitrogens with two attached hydrogens (primary N) is 1. The van der Waals surface area contributed by atoms with Gasteiger partial charge in [-0.1, -0.05) is 113 Å². The molecule has 1 heterocycles. The third kappa shape index (κ3) is 13.3. The van der Waals surface area contributed by atoms with Gasteiger partial charge in [-0.05, 0) is 36.5 Å².